The maximum atomic E-state index is 12.8. The number of thiocarbonyl (C=S) groups is 1. The Morgan fingerprint density at radius 2 is 1.76 bits per heavy atom. The van der Waals surface area contributed by atoms with Gasteiger partial charge in [-0.1, -0.05) is 57.1 Å². The molecule has 0 aromatic heterocycles. The Morgan fingerprint density at radius 3 is 2.19 bits per heavy atom. The Bertz CT molecular complexity index is 525. The molecular weight excluding hydrogens is 280 g/mol. The molecule has 0 bridgehead atoms. The lowest BCUT2D eigenvalue weighted by molar-refractivity contribution is -0.122. The Morgan fingerprint density at radius 1 is 1.24 bits per heavy atom. The molecule has 0 radical (unpaired) electrons. The molecule has 1 saturated carbocycles. The van der Waals surface area contributed by atoms with E-state index >= 15 is 0 Å². The second kappa shape index (κ2) is 6.56. The number of carbonyl (C=O) groups is 1. The summed E-state index contributed by atoms with van der Waals surface area (Å²) in [6.45, 7) is 4.20. The number of hydrogen-bond acceptors (Lipinski definition) is 2. The molecule has 1 aromatic carbocycles. The number of rotatable bonds is 5. The first-order valence-electron chi connectivity index (χ1n) is 7.77. The zero-order valence-electron chi connectivity index (χ0n) is 12.9. The first-order valence-corrected chi connectivity index (χ1v) is 8.18. The Balaban J connectivity index is 2.33. The van der Waals surface area contributed by atoms with Gasteiger partial charge < -0.3 is 11.1 Å². The highest BCUT2D eigenvalue weighted by atomic mass is 32.1. The van der Waals surface area contributed by atoms with Crippen molar-refractivity contribution in [1.82, 2.24) is 0 Å². The van der Waals surface area contributed by atoms with Crippen molar-refractivity contribution < 1.29 is 4.79 Å². The van der Waals surface area contributed by atoms with Gasteiger partial charge in [-0.2, -0.15) is 0 Å². The molecule has 0 heterocycles. The third-order valence-corrected chi connectivity index (χ3v) is 4.99. The number of nitrogens with two attached hydrogens (primary N) is 1. The first-order chi connectivity index (χ1) is 10.0. The van der Waals surface area contributed by atoms with Crippen LogP contribution in [-0.4, -0.2) is 10.9 Å². The number of benzene rings is 1. The van der Waals surface area contributed by atoms with Crippen molar-refractivity contribution in [3.8, 4) is 0 Å². The molecule has 1 fully saturated rings. The lowest BCUT2D eigenvalue weighted by Crippen LogP contribution is -2.44. The second-order valence-electron chi connectivity index (χ2n) is 5.77. The summed E-state index contributed by atoms with van der Waals surface area (Å²) < 4.78 is 0. The zero-order valence-corrected chi connectivity index (χ0v) is 13.7. The van der Waals surface area contributed by atoms with E-state index in [1.165, 1.54) is 11.1 Å². The van der Waals surface area contributed by atoms with E-state index < -0.39 is 5.41 Å². The number of nitrogens with one attached hydrogen (secondary N) is 1. The summed E-state index contributed by atoms with van der Waals surface area (Å²) in [6, 6.07) is 6.18. The summed E-state index contributed by atoms with van der Waals surface area (Å²) in [7, 11) is 0. The molecule has 4 heteroatoms. The Labute approximate surface area is 132 Å². The van der Waals surface area contributed by atoms with E-state index in [1.807, 2.05) is 6.07 Å². The minimum atomic E-state index is -0.652. The van der Waals surface area contributed by atoms with Crippen LogP contribution in [0.1, 0.15) is 50.7 Å². The molecular formula is C17H24N2OS. The maximum Gasteiger partial charge on any atom is 0.237 e. The van der Waals surface area contributed by atoms with Gasteiger partial charge in [-0.3, -0.25) is 4.79 Å². The minimum absolute atomic E-state index is 0.0249. The van der Waals surface area contributed by atoms with E-state index in [0.717, 1.165) is 44.2 Å². The van der Waals surface area contributed by atoms with Crippen LogP contribution in [0.5, 0.6) is 0 Å². The summed E-state index contributed by atoms with van der Waals surface area (Å²) in [5.41, 5.74) is 8.53. The van der Waals surface area contributed by atoms with E-state index in [4.69, 9.17) is 18.0 Å². The van der Waals surface area contributed by atoms with E-state index in [-0.39, 0.29) is 5.91 Å². The SMILES string of the molecule is CCc1cccc(CC)c1NC(=O)C1(C(N)=S)CCCC1. The van der Waals surface area contributed by atoms with E-state index in [9.17, 15) is 4.79 Å². The average molecular weight is 304 g/mol. The summed E-state index contributed by atoms with van der Waals surface area (Å²) in [6.07, 6.45) is 5.35. The van der Waals surface area contributed by atoms with Crippen molar-refractivity contribution in [2.45, 2.75) is 52.4 Å². The monoisotopic (exact) mass is 304 g/mol. The van der Waals surface area contributed by atoms with Gasteiger partial charge in [0.05, 0.1) is 10.4 Å². The van der Waals surface area contributed by atoms with Crippen LogP contribution in [0.15, 0.2) is 18.2 Å². The molecule has 0 saturated heterocycles. The molecule has 1 aromatic rings. The van der Waals surface area contributed by atoms with Crippen molar-refractivity contribution in [2.24, 2.45) is 11.1 Å². The van der Waals surface area contributed by atoms with Crippen LogP contribution >= 0.6 is 12.2 Å². The Hall–Kier alpha value is -1.42. The van der Waals surface area contributed by atoms with Gasteiger partial charge in [0.15, 0.2) is 0 Å². The number of anilines is 1. The standard InChI is InChI=1S/C17H24N2OS/c1-3-12-8-7-9-13(4-2)14(12)19-16(20)17(15(18)21)10-5-6-11-17/h7-9H,3-6,10-11H2,1-2H3,(H2,18,21)(H,19,20). The molecule has 1 amide bonds. The van der Waals surface area contributed by atoms with Crippen LogP contribution in [0.4, 0.5) is 5.69 Å². The minimum Gasteiger partial charge on any atom is -0.392 e. The molecule has 0 atom stereocenters. The van der Waals surface area contributed by atoms with Crippen LogP contribution in [-0.2, 0) is 17.6 Å². The van der Waals surface area contributed by atoms with Gasteiger partial charge >= 0.3 is 0 Å². The molecule has 21 heavy (non-hydrogen) atoms. The smallest absolute Gasteiger partial charge is 0.237 e. The van der Waals surface area contributed by atoms with E-state index in [0.29, 0.717) is 4.99 Å². The highest BCUT2D eigenvalue weighted by molar-refractivity contribution is 7.80. The third-order valence-electron chi connectivity index (χ3n) is 4.60. The van der Waals surface area contributed by atoms with Gasteiger partial charge in [-0.05, 0) is 36.8 Å². The van der Waals surface area contributed by atoms with Crippen LogP contribution < -0.4 is 11.1 Å². The maximum absolute atomic E-state index is 12.8. The fourth-order valence-electron chi connectivity index (χ4n) is 3.20. The van der Waals surface area contributed by atoms with Crippen LogP contribution in [0.3, 0.4) is 0 Å². The van der Waals surface area contributed by atoms with Crippen LogP contribution in [0, 0.1) is 5.41 Å². The Kier molecular flexibility index (Phi) is 4.99. The fraction of sp³-hybridized carbons (Fsp3) is 0.529. The summed E-state index contributed by atoms with van der Waals surface area (Å²) >= 11 is 5.20. The lowest BCUT2D eigenvalue weighted by atomic mass is 9.84. The lowest BCUT2D eigenvalue weighted by Gasteiger charge is -2.27. The highest BCUT2D eigenvalue weighted by Gasteiger charge is 2.44. The largest absolute Gasteiger partial charge is 0.392 e. The van der Waals surface area contributed by atoms with Crippen molar-refractivity contribution in [3.63, 3.8) is 0 Å². The molecule has 1 aliphatic rings. The van der Waals surface area contributed by atoms with Gasteiger partial charge in [0.2, 0.25) is 5.91 Å². The van der Waals surface area contributed by atoms with Crippen LogP contribution in [0.2, 0.25) is 0 Å². The van der Waals surface area contributed by atoms with Gasteiger partial charge in [-0.15, -0.1) is 0 Å². The van der Waals surface area contributed by atoms with E-state index in [1.54, 1.807) is 0 Å². The normalized spacial score (nSPS) is 16.7. The van der Waals surface area contributed by atoms with Gasteiger partial charge in [-0.25, -0.2) is 0 Å². The number of para-hydroxylation sites is 1. The topological polar surface area (TPSA) is 55.1 Å². The molecule has 0 aliphatic heterocycles. The van der Waals surface area contributed by atoms with Crippen molar-refractivity contribution >= 4 is 28.8 Å². The molecule has 0 spiro atoms. The summed E-state index contributed by atoms with van der Waals surface area (Å²) in [4.78, 5) is 13.2. The van der Waals surface area contributed by atoms with Gasteiger partial charge in [0, 0.05) is 5.69 Å². The predicted molar refractivity (Wildman–Crippen MR) is 91.5 cm³/mol. The highest BCUT2D eigenvalue weighted by Crippen LogP contribution is 2.40. The molecule has 114 valence electrons. The predicted octanol–water partition coefficient (Wildman–Crippen LogP) is 3.60. The van der Waals surface area contributed by atoms with E-state index in [2.05, 4.69) is 31.3 Å². The molecule has 0 unspecified atom stereocenters. The van der Waals surface area contributed by atoms with Gasteiger partial charge in [0.1, 0.15) is 0 Å². The number of hydrogen-bond donors (Lipinski definition) is 2. The summed E-state index contributed by atoms with van der Waals surface area (Å²) in [5, 5.41) is 3.14. The zero-order chi connectivity index (χ0) is 15.5. The quantitative estimate of drug-likeness (QED) is 0.817. The van der Waals surface area contributed by atoms with Crippen molar-refractivity contribution in [3.05, 3.63) is 29.3 Å². The first kappa shape index (κ1) is 16.0. The number of aryl methyl sites for hydroxylation is 2. The molecule has 3 N–H and O–H groups in total. The number of carbonyl (C=O) groups excluding carboxylic acids is 1. The molecule has 3 nitrogen and oxygen atoms in total. The van der Waals surface area contributed by atoms with Crippen molar-refractivity contribution in [2.75, 3.05) is 5.32 Å². The van der Waals surface area contributed by atoms with Crippen molar-refractivity contribution in [1.29, 1.82) is 0 Å². The van der Waals surface area contributed by atoms with Gasteiger partial charge in [0.25, 0.3) is 0 Å². The molecule has 2 rings (SSSR count). The van der Waals surface area contributed by atoms with Crippen LogP contribution in [0.25, 0.3) is 0 Å². The average Bonchev–Trinajstić information content (AvgIpc) is 2.98. The fourth-order valence-corrected chi connectivity index (χ4v) is 3.50. The molecule has 1 aliphatic carbocycles. The number of amides is 1. The third kappa shape index (κ3) is 2.95. The second-order valence-corrected chi connectivity index (χ2v) is 6.21. The summed E-state index contributed by atoms with van der Waals surface area (Å²) in [5.74, 6) is -0.0249.